The van der Waals surface area contributed by atoms with Crippen LogP contribution in [0.5, 0.6) is 5.75 Å². The minimum Gasteiger partial charge on any atom is -0.495 e. The van der Waals surface area contributed by atoms with E-state index in [-0.39, 0.29) is 29.0 Å². The number of hydrogen-bond donors (Lipinski definition) is 1. The van der Waals surface area contributed by atoms with E-state index in [0.717, 1.165) is 22.2 Å². The molecule has 0 radical (unpaired) electrons. The van der Waals surface area contributed by atoms with Crippen LogP contribution in [0, 0.1) is 10.1 Å². The van der Waals surface area contributed by atoms with Crippen molar-refractivity contribution < 1.29 is 27.6 Å². The third-order valence-corrected chi connectivity index (χ3v) is 7.54. The predicted octanol–water partition coefficient (Wildman–Crippen LogP) is 3.01. The first-order valence-electron chi connectivity index (χ1n) is 11.4. The molecule has 1 amide bonds. The van der Waals surface area contributed by atoms with Crippen molar-refractivity contribution in [2.24, 2.45) is 0 Å². The van der Waals surface area contributed by atoms with Crippen LogP contribution in [-0.2, 0) is 25.0 Å². The van der Waals surface area contributed by atoms with E-state index in [9.17, 15) is 23.3 Å². The Morgan fingerprint density at radius 1 is 1.23 bits per heavy atom. The van der Waals surface area contributed by atoms with Crippen molar-refractivity contribution in [3.63, 3.8) is 0 Å². The summed E-state index contributed by atoms with van der Waals surface area (Å²) in [5.41, 5.74) is 0.369. The highest BCUT2D eigenvalue weighted by Crippen LogP contribution is 2.37. The zero-order chi connectivity index (χ0) is 25.6. The number of nitro groups is 1. The molecule has 0 aliphatic carbocycles. The number of non-ortho nitro benzene ring substituents is 1. The summed E-state index contributed by atoms with van der Waals surface area (Å²) in [6, 6.07) is 12.4. The summed E-state index contributed by atoms with van der Waals surface area (Å²) in [4.78, 5) is 24.2. The summed E-state index contributed by atoms with van der Waals surface area (Å²) in [6.07, 6.45) is 2.53. The van der Waals surface area contributed by atoms with E-state index in [4.69, 9.17) is 9.47 Å². The molecule has 1 fully saturated rings. The molecule has 2 aromatic carbocycles. The van der Waals surface area contributed by atoms with Gasteiger partial charge in [0.25, 0.3) is 5.69 Å². The molecule has 0 bridgehead atoms. The van der Waals surface area contributed by atoms with E-state index < -0.39 is 26.9 Å². The predicted molar refractivity (Wildman–Crippen MR) is 132 cm³/mol. The Labute approximate surface area is 205 Å². The number of anilines is 1. The van der Waals surface area contributed by atoms with Crippen molar-refractivity contribution >= 4 is 27.3 Å². The number of sulfonamides is 1. The van der Waals surface area contributed by atoms with Crippen LogP contribution in [0.3, 0.4) is 0 Å². The highest BCUT2D eigenvalue weighted by molar-refractivity contribution is 7.92. The molecule has 1 aliphatic rings. The van der Waals surface area contributed by atoms with Crippen molar-refractivity contribution in [3.05, 3.63) is 64.2 Å². The molecule has 0 aromatic heterocycles. The van der Waals surface area contributed by atoms with E-state index >= 15 is 0 Å². The van der Waals surface area contributed by atoms with E-state index in [1.165, 1.54) is 19.2 Å². The molecule has 2 aromatic rings. The summed E-state index contributed by atoms with van der Waals surface area (Å²) >= 11 is 0. The average Bonchev–Trinajstić information content (AvgIpc) is 2.85. The summed E-state index contributed by atoms with van der Waals surface area (Å²) in [5, 5.41) is 14.3. The SMILES string of the molecule is CC[C@H](C(=O)NCC1(c2ccccc2)CCOCC1)N(c1cc([N+](=O)[O-])ccc1OC)S(C)(=O)=O. The van der Waals surface area contributed by atoms with Gasteiger partial charge in [-0.25, -0.2) is 8.42 Å². The number of methoxy groups -OCH3 is 1. The van der Waals surface area contributed by atoms with Crippen LogP contribution in [0.1, 0.15) is 31.7 Å². The number of hydrogen-bond acceptors (Lipinski definition) is 7. The molecule has 0 spiro atoms. The Morgan fingerprint density at radius 2 is 1.89 bits per heavy atom. The van der Waals surface area contributed by atoms with Crippen LogP contribution in [0.15, 0.2) is 48.5 Å². The maximum absolute atomic E-state index is 13.4. The Morgan fingerprint density at radius 3 is 2.43 bits per heavy atom. The van der Waals surface area contributed by atoms with Crippen molar-refractivity contribution in [1.82, 2.24) is 5.32 Å². The lowest BCUT2D eigenvalue weighted by Crippen LogP contribution is -2.52. The quantitative estimate of drug-likeness (QED) is 0.388. The van der Waals surface area contributed by atoms with E-state index in [0.29, 0.717) is 32.6 Å². The van der Waals surface area contributed by atoms with Gasteiger partial charge in [-0.05, 0) is 30.9 Å². The van der Waals surface area contributed by atoms with Gasteiger partial charge in [-0.2, -0.15) is 0 Å². The third-order valence-electron chi connectivity index (χ3n) is 6.38. The second-order valence-corrected chi connectivity index (χ2v) is 10.4. The number of ether oxygens (including phenoxy) is 2. The Kier molecular flexibility index (Phi) is 8.34. The second kappa shape index (κ2) is 11.0. The summed E-state index contributed by atoms with van der Waals surface area (Å²) < 4.78 is 37.5. The van der Waals surface area contributed by atoms with Gasteiger partial charge in [0, 0.05) is 37.3 Å². The van der Waals surface area contributed by atoms with Crippen LogP contribution in [0.2, 0.25) is 0 Å². The lowest BCUT2D eigenvalue weighted by molar-refractivity contribution is -0.384. The number of nitro benzene ring substituents is 1. The van der Waals surface area contributed by atoms with Gasteiger partial charge in [-0.15, -0.1) is 0 Å². The maximum Gasteiger partial charge on any atom is 0.271 e. The minimum absolute atomic E-state index is 0.0601. The van der Waals surface area contributed by atoms with Gasteiger partial charge >= 0.3 is 0 Å². The number of rotatable bonds is 10. The van der Waals surface area contributed by atoms with E-state index in [1.807, 2.05) is 30.3 Å². The highest BCUT2D eigenvalue weighted by atomic mass is 32.2. The van der Waals surface area contributed by atoms with Gasteiger partial charge < -0.3 is 14.8 Å². The normalized spacial score (nSPS) is 16.2. The molecular weight excluding hydrogens is 474 g/mol. The van der Waals surface area contributed by atoms with Gasteiger partial charge in [-0.3, -0.25) is 19.2 Å². The zero-order valence-electron chi connectivity index (χ0n) is 20.1. The first kappa shape index (κ1) is 26.4. The number of nitrogens with zero attached hydrogens (tertiary/aromatic N) is 2. The number of carbonyl (C=O) groups is 1. The lowest BCUT2D eigenvalue weighted by atomic mass is 9.74. The van der Waals surface area contributed by atoms with Gasteiger partial charge in [0.05, 0.1) is 18.3 Å². The molecule has 1 atom stereocenters. The summed E-state index contributed by atoms with van der Waals surface area (Å²) in [6.45, 7) is 3.11. The first-order valence-corrected chi connectivity index (χ1v) is 13.2. The molecule has 0 saturated carbocycles. The van der Waals surface area contributed by atoms with Crippen LogP contribution in [0.4, 0.5) is 11.4 Å². The molecule has 1 heterocycles. The fraction of sp³-hybridized carbons (Fsp3) is 0.458. The van der Waals surface area contributed by atoms with Crippen LogP contribution >= 0.6 is 0 Å². The van der Waals surface area contributed by atoms with Crippen molar-refractivity contribution in [2.75, 3.05) is 37.4 Å². The van der Waals surface area contributed by atoms with Crippen LogP contribution < -0.4 is 14.4 Å². The topological polar surface area (TPSA) is 128 Å². The Balaban J connectivity index is 1.95. The monoisotopic (exact) mass is 505 g/mol. The molecule has 190 valence electrons. The molecular formula is C24H31N3O7S. The van der Waals surface area contributed by atoms with Gasteiger partial charge in [-0.1, -0.05) is 37.3 Å². The second-order valence-electron chi connectivity index (χ2n) is 8.57. The van der Waals surface area contributed by atoms with Gasteiger partial charge in [0.15, 0.2) is 0 Å². The standard InChI is InChI=1S/C24H31N3O7S/c1-4-20(26(35(3,31)32)21-16-19(27(29)30)10-11-22(21)33-2)23(28)25-17-24(12-14-34-15-13-24)18-8-6-5-7-9-18/h5-11,16,20H,4,12-15,17H2,1-3H3,(H,25,28)/t20-/m1/s1. The largest absolute Gasteiger partial charge is 0.495 e. The van der Waals surface area contributed by atoms with E-state index in [2.05, 4.69) is 5.32 Å². The van der Waals surface area contributed by atoms with Gasteiger partial charge in [0.2, 0.25) is 15.9 Å². The fourth-order valence-corrected chi connectivity index (χ4v) is 5.70. The Hall–Kier alpha value is -3.18. The highest BCUT2D eigenvalue weighted by Gasteiger charge is 2.38. The summed E-state index contributed by atoms with van der Waals surface area (Å²) in [5.74, 6) is -0.384. The lowest BCUT2D eigenvalue weighted by Gasteiger charge is -2.39. The van der Waals surface area contributed by atoms with Crippen LogP contribution in [-0.4, -0.2) is 58.4 Å². The van der Waals surface area contributed by atoms with Crippen molar-refractivity contribution in [1.29, 1.82) is 0 Å². The first-order chi connectivity index (χ1) is 16.6. The number of benzene rings is 2. The number of nitrogens with one attached hydrogen (secondary N) is 1. The molecule has 10 nitrogen and oxygen atoms in total. The Bertz CT molecular complexity index is 1150. The third kappa shape index (κ3) is 5.91. The smallest absolute Gasteiger partial charge is 0.271 e. The number of amides is 1. The fourth-order valence-electron chi connectivity index (χ4n) is 4.50. The molecule has 3 rings (SSSR count). The molecule has 1 aliphatic heterocycles. The zero-order valence-corrected chi connectivity index (χ0v) is 20.9. The molecule has 1 saturated heterocycles. The average molecular weight is 506 g/mol. The van der Waals surface area contributed by atoms with Crippen molar-refractivity contribution in [3.8, 4) is 5.75 Å². The number of carbonyl (C=O) groups excluding carboxylic acids is 1. The molecule has 35 heavy (non-hydrogen) atoms. The minimum atomic E-state index is -4.01. The molecule has 1 N–H and O–H groups in total. The van der Waals surface area contributed by atoms with E-state index in [1.54, 1.807) is 6.92 Å². The summed E-state index contributed by atoms with van der Waals surface area (Å²) in [7, 11) is -2.68. The van der Waals surface area contributed by atoms with Crippen LogP contribution in [0.25, 0.3) is 0 Å². The van der Waals surface area contributed by atoms with Crippen molar-refractivity contribution in [2.45, 2.75) is 37.6 Å². The molecule has 0 unspecified atom stereocenters. The van der Waals surface area contributed by atoms with Gasteiger partial charge in [0.1, 0.15) is 17.5 Å². The maximum atomic E-state index is 13.4. The molecule has 11 heteroatoms.